The molecule has 0 spiro atoms. The van der Waals surface area contributed by atoms with Crippen LogP contribution in [-0.2, 0) is 72.6 Å². The summed E-state index contributed by atoms with van der Waals surface area (Å²) in [5.41, 5.74) is 0.179. The molecule has 5 N–H and O–H groups in total. The first-order valence-corrected chi connectivity index (χ1v) is 26.9. The van der Waals surface area contributed by atoms with Crippen molar-refractivity contribution in [1.29, 1.82) is 0 Å². The van der Waals surface area contributed by atoms with Gasteiger partial charge in [0.15, 0.2) is 0 Å². The lowest BCUT2D eigenvalue weighted by atomic mass is 9.98. The van der Waals surface area contributed by atoms with Gasteiger partial charge in [0.25, 0.3) is 5.91 Å². The molecule has 0 bridgehead atoms. The summed E-state index contributed by atoms with van der Waals surface area (Å²) in [4.78, 5) is 82.4. The molecule has 19 nitrogen and oxygen atoms in total. The van der Waals surface area contributed by atoms with Crippen LogP contribution in [-0.4, -0.2) is 103 Å². The van der Waals surface area contributed by atoms with Gasteiger partial charge in [-0.15, -0.1) is 38.7 Å². The maximum absolute atomic E-state index is 12.5. The first-order chi connectivity index (χ1) is 32.6. The van der Waals surface area contributed by atoms with Gasteiger partial charge in [-0.2, -0.15) is 0 Å². The van der Waals surface area contributed by atoms with Crippen LogP contribution in [0.15, 0.2) is 50.6 Å². The zero-order chi connectivity index (χ0) is 55.7. The minimum Gasteiger partial charge on any atom is -0.481 e. The molecule has 0 saturated heterocycles. The van der Waals surface area contributed by atoms with Crippen molar-refractivity contribution in [3.63, 3.8) is 0 Å². The van der Waals surface area contributed by atoms with Gasteiger partial charge in [0.05, 0.1) is 52.1 Å². The molecule has 8 atom stereocenters. The number of esters is 4. The average Bonchev–Trinajstić information content (AvgIpc) is 3.96. The monoisotopic (exact) mass is 1090 g/mol. The number of carboxylic acids is 1. The molecule has 0 aliphatic heterocycles. The number of carbonyl (C=O) groups excluding carboxylic acids is 6. The number of nitrogens with one attached hydrogen (secondary N) is 2. The number of amides is 2. The maximum atomic E-state index is 12.5. The maximum Gasteiger partial charge on any atom is 0.313 e. The minimum atomic E-state index is -3.72. The van der Waals surface area contributed by atoms with E-state index in [0.29, 0.717) is 51.4 Å². The summed E-state index contributed by atoms with van der Waals surface area (Å²) in [6.07, 6.45) is 10.6. The number of hydrogen-bond acceptors (Lipinski definition) is 16. The molecule has 0 radical (unpaired) electrons. The molecule has 0 unspecified atom stereocenters. The Balaban J connectivity index is 0.000000336. The Bertz CT molecular complexity index is 2430. The van der Waals surface area contributed by atoms with Crippen LogP contribution in [0, 0.1) is 39.9 Å². The van der Waals surface area contributed by atoms with E-state index in [1.807, 2.05) is 0 Å². The van der Waals surface area contributed by atoms with Crippen LogP contribution in [0.1, 0.15) is 147 Å². The molecule has 0 aromatic heterocycles. The third-order valence-electron chi connectivity index (χ3n) is 13.8. The van der Waals surface area contributed by atoms with Gasteiger partial charge in [-0.3, -0.25) is 43.0 Å². The number of nitrogens with two attached hydrogens (primary N) is 1. The zero-order valence-electron chi connectivity index (χ0n) is 44.6. The van der Waals surface area contributed by atoms with Gasteiger partial charge in [0.2, 0.25) is 26.0 Å². The van der Waals surface area contributed by atoms with E-state index >= 15 is 0 Å². The predicted octanol–water partition coefficient (Wildman–Crippen LogP) is 6.30. The van der Waals surface area contributed by atoms with E-state index in [-0.39, 0.29) is 67.3 Å². The molecule has 0 aromatic rings. The Kier molecular flexibility index (Phi) is 19.7. The zero-order valence-corrected chi connectivity index (χ0v) is 47.0. The number of allylic oxidation sites excluding steroid dienone is 3. The molecule has 6 rings (SSSR count). The van der Waals surface area contributed by atoms with Crippen LogP contribution < -0.4 is 15.2 Å². The molecule has 73 heavy (non-hydrogen) atoms. The molecule has 0 heterocycles. The smallest absolute Gasteiger partial charge is 0.313 e. The Hall–Kier alpha value is -4.60. The van der Waals surface area contributed by atoms with Crippen LogP contribution in [0.25, 0.3) is 0 Å². The standard InChI is InChI=1S/C16H25NO5S.C13H20O4.C12H18O4.C10H16N2O3S.ClH/c1-6-11-9-16(11,10-12(18)22-14(2,3)4)13(19)17-23(20,21)15(5)7-8-15;1-6-9-7-13(9,11(15)16-5)8-10(14)17-12(2,3)4;1-5-8-6-12(8,10(14)15)7-9(13)16-11(2,3)4;1-3-7-6-10(7,11)8(13)12-16(14,15)9(2)4-5-9;/h6,11H,1,7-10H2,2-5H3,(H,17,19);6,9H,1,7-8H2,2-5H3;5,8H,1,6-7H2,2-4H3,(H,14,15);3,7H,1,4-6,11H2,2H3,(H,12,13);1H/t11-,16-;9-,13-;8-,12-;7-,10-;/m1111./s1. The third kappa shape index (κ3) is 16.2. The first kappa shape index (κ1) is 64.5. The number of methoxy groups -OCH3 is 1. The number of rotatable bonds is 18. The van der Waals surface area contributed by atoms with Crippen molar-refractivity contribution < 1.29 is 74.5 Å². The fourth-order valence-corrected chi connectivity index (χ4v) is 10.7. The number of hydrogen-bond donors (Lipinski definition) is 4. The topological polar surface area (TPSA) is 295 Å². The number of carbonyl (C=O) groups is 7. The van der Waals surface area contributed by atoms with Gasteiger partial charge in [-0.05, 0) is 145 Å². The van der Waals surface area contributed by atoms with E-state index in [0.717, 1.165) is 0 Å². The van der Waals surface area contributed by atoms with Gasteiger partial charge in [-0.1, -0.05) is 24.3 Å². The summed E-state index contributed by atoms with van der Waals surface area (Å²) in [7, 11) is -5.96. The number of ether oxygens (including phenoxy) is 4. The van der Waals surface area contributed by atoms with Crippen LogP contribution in [0.2, 0.25) is 0 Å². The molecule has 6 fully saturated rings. The second-order valence-corrected chi connectivity index (χ2v) is 27.9. The molecular formula is C51H80ClN3O16S2. The van der Waals surface area contributed by atoms with E-state index in [1.54, 1.807) is 100 Å². The summed E-state index contributed by atoms with van der Waals surface area (Å²) in [5.74, 6) is -4.28. The van der Waals surface area contributed by atoms with Crippen molar-refractivity contribution in [2.75, 3.05) is 7.11 Å². The summed E-state index contributed by atoms with van der Waals surface area (Å²) < 4.78 is 71.0. The predicted molar refractivity (Wildman–Crippen MR) is 275 cm³/mol. The molecule has 22 heteroatoms. The van der Waals surface area contributed by atoms with Crippen LogP contribution in [0.3, 0.4) is 0 Å². The molecule has 0 aromatic carbocycles. The lowest BCUT2D eigenvalue weighted by molar-refractivity contribution is -0.162. The van der Waals surface area contributed by atoms with E-state index in [9.17, 15) is 50.4 Å². The Morgan fingerprint density at radius 2 is 0.863 bits per heavy atom. The van der Waals surface area contributed by atoms with Crippen molar-refractivity contribution in [2.24, 2.45) is 45.7 Å². The Labute approximate surface area is 438 Å². The fourth-order valence-electron chi connectivity index (χ4n) is 8.05. The van der Waals surface area contributed by atoms with E-state index in [4.69, 9.17) is 29.8 Å². The quantitative estimate of drug-likeness (QED) is 0.0665. The second kappa shape index (κ2) is 22.3. The van der Waals surface area contributed by atoms with Gasteiger partial charge < -0.3 is 29.8 Å². The fraction of sp³-hybridized carbons (Fsp3) is 0.706. The van der Waals surface area contributed by atoms with Crippen molar-refractivity contribution in [2.45, 2.75) is 179 Å². The van der Waals surface area contributed by atoms with Gasteiger partial charge >= 0.3 is 29.8 Å². The van der Waals surface area contributed by atoms with Crippen molar-refractivity contribution in [3.8, 4) is 0 Å². The van der Waals surface area contributed by atoms with Crippen LogP contribution >= 0.6 is 12.4 Å². The third-order valence-corrected chi connectivity index (χ3v) is 18.1. The highest BCUT2D eigenvalue weighted by molar-refractivity contribution is 7.92. The number of sulfonamides is 2. The molecular weight excluding hydrogens is 1010 g/mol. The highest BCUT2D eigenvalue weighted by Crippen LogP contribution is 2.59. The summed E-state index contributed by atoms with van der Waals surface area (Å²) >= 11 is 0. The van der Waals surface area contributed by atoms with Gasteiger partial charge in [-0.25, -0.2) is 16.8 Å². The average molecular weight is 1090 g/mol. The SMILES string of the molecule is C=C[C@@H]1C[C@]1(CC(=O)OC(C)(C)C)C(=O)NS(=O)(=O)C1(C)CC1.C=C[C@@H]1C[C@]1(CC(=O)OC(C)(C)C)C(=O)O.C=C[C@@H]1C[C@]1(CC(=O)OC(C)(C)C)C(=O)OC.C=C[C@@H]1C[C@]1(N)C(=O)NS(=O)(=O)C1(C)CC1.Cl. The van der Waals surface area contributed by atoms with E-state index in [2.05, 4.69) is 35.8 Å². The minimum absolute atomic E-state index is 0. The van der Waals surface area contributed by atoms with Gasteiger partial charge in [0.1, 0.15) is 22.3 Å². The summed E-state index contributed by atoms with van der Waals surface area (Å²) in [6.45, 7) is 33.6. The molecule has 6 aliphatic rings. The first-order valence-electron chi connectivity index (χ1n) is 24.0. The van der Waals surface area contributed by atoms with Crippen LogP contribution in [0.5, 0.6) is 0 Å². The van der Waals surface area contributed by atoms with Crippen LogP contribution in [0.4, 0.5) is 0 Å². The second-order valence-electron chi connectivity index (χ2n) is 23.5. The highest BCUT2D eigenvalue weighted by atomic mass is 35.5. The Morgan fingerprint density at radius 3 is 1.14 bits per heavy atom. The number of carboxylic acid groups (broad SMARTS) is 1. The van der Waals surface area contributed by atoms with Crippen molar-refractivity contribution >= 4 is 74.1 Å². The number of halogens is 1. The molecule has 6 aliphatic carbocycles. The normalized spacial score (nSPS) is 29.3. The summed E-state index contributed by atoms with van der Waals surface area (Å²) in [5, 5.41) is 9.10. The molecule has 2 amide bonds. The Morgan fingerprint density at radius 1 is 0.562 bits per heavy atom. The summed E-state index contributed by atoms with van der Waals surface area (Å²) in [6, 6.07) is 0. The lowest BCUT2D eigenvalue weighted by Gasteiger charge is -2.23. The highest BCUT2D eigenvalue weighted by Gasteiger charge is 2.64. The van der Waals surface area contributed by atoms with Crippen molar-refractivity contribution in [1.82, 2.24) is 9.44 Å². The van der Waals surface area contributed by atoms with E-state index < -0.39 is 97.8 Å². The molecule has 414 valence electrons. The van der Waals surface area contributed by atoms with Gasteiger partial charge in [0, 0.05) is 5.92 Å². The van der Waals surface area contributed by atoms with E-state index in [1.165, 1.54) is 7.11 Å². The number of aliphatic carboxylic acids is 1. The largest absolute Gasteiger partial charge is 0.481 e. The molecule has 6 saturated carbocycles. The lowest BCUT2D eigenvalue weighted by Crippen LogP contribution is -2.49. The van der Waals surface area contributed by atoms with Crippen molar-refractivity contribution in [3.05, 3.63) is 50.6 Å².